The summed E-state index contributed by atoms with van der Waals surface area (Å²) in [5.41, 5.74) is -4.05. The number of halogens is 6. The number of hydrogen-bond acceptors (Lipinski definition) is 3. The van der Waals surface area contributed by atoms with Crippen molar-refractivity contribution in [1.82, 2.24) is 0 Å². The Morgan fingerprint density at radius 3 is 1.50 bits per heavy atom. The van der Waals surface area contributed by atoms with Crippen molar-refractivity contribution in [2.75, 3.05) is 9.80 Å². The lowest BCUT2D eigenvalue weighted by Gasteiger charge is -2.44. The smallest absolute Gasteiger partial charge is 0.257 e. The van der Waals surface area contributed by atoms with Crippen LogP contribution in [0.3, 0.4) is 0 Å². The van der Waals surface area contributed by atoms with Crippen LogP contribution < -0.4 is 14.9 Å². The Labute approximate surface area is 167 Å². The third-order valence-corrected chi connectivity index (χ3v) is 4.19. The maximum Gasteiger partial charge on any atom is 0.257 e. The van der Waals surface area contributed by atoms with Crippen LogP contribution in [0.4, 0.5) is 37.7 Å². The van der Waals surface area contributed by atoms with Gasteiger partial charge in [-0.05, 0) is 11.3 Å². The summed E-state index contributed by atoms with van der Waals surface area (Å²) in [4.78, 5) is 13.3. The van der Waals surface area contributed by atoms with E-state index in [4.69, 9.17) is 0 Å². The summed E-state index contributed by atoms with van der Waals surface area (Å²) in [5.74, 6) is -11.1. The largest absolute Gasteiger partial charge is 0.860 e. The van der Waals surface area contributed by atoms with Gasteiger partial charge in [0, 0.05) is 29.8 Å². The molecule has 0 atom stereocenters. The molecule has 0 unspecified atom stereocenters. The molecule has 0 N–H and O–H groups in total. The lowest BCUT2D eigenvalue weighted by molar-refractivity contribution is -0.307. The van der Waals surface area contributed by atoms with E-state index in [1.807, 2.05) is 6.67 Å². The van der Waals surface area contributed by atoms with Crippen molar-refractivity contribution < 1.29 is 36.2 Å². The van der Waals surface area contributed by atoms with Crippen LogP contribution in [-0.4, -0.2) is 5.91 Å². The van der Waals surface area contributed by atoms with E-state index in [0.29, 0.717) is 0 Å². The Kier molecular flexibility index (Phi) is 5.21. The fraction of sp³-hybridized carbons (Fsp3) is 0.200. The number of benzene rings is 2. The van der Waals surface area contributed by atoms with Gasteiger partial charge in [0.2, 0.25) is 6.67 Å². The van der Waals surface area contributed by atoms with Crippen LogP contribution in [0.1, 0.15) is 20.8 Å². The summed E-state index contributed by atoms with van der Waals surface area (Å²) in [6, 6.07) is 1.13. The Balaban J connectivity index is 2.28. The van der Waals surface area contributed by atoms with E-state index >= 15 is 0 Å². The van der Waals surface area contributed by atoms with Crippen LogP contribution in [0, 0.1) is 47.0 Å². The van der Waals surface area contributed by atoms with Gasteiger partial charge in [-0.25, -0.2) is 26.3 Å². The van der Waals surface area contributed by atoms with E-state index in [9.17, 15) is 36.2 Å². The topological polar surface area (TPSA) is 46.6 Å². The molecule has 1 aliphatic rings. The maximum atomic E-state index is 14.3. The van der Waals surface area contributed by atoms with Gasteiger partial charge in [-0.2, -0.15) is 0 Å². The van der Waals surface area contributed by atoms with Gasteiger partial charge in [-0.3, -0.25) is 9.69 Å². The first kappa shape index (κ1) is 21.5. The molecule has 0 saturated heterocycles. The van der Waals surface area contributed by atoms with Crippen LogP contribution in [0.15, 0.2) is 35.7 Å². The zero-order valence-corrected chi connectivity index (χ0v) is 15.8. The fourth-order valence-electron chi connectivity index (χ4n) is 2.95. The number of rotatable bonds is 2. The van der Waals surface area contributed by atoms with Crippen LogP contribution in [0.25, 0.3) is 0 Å². The summed E-state index contributed by atoms with van der Waals surface area (Å²) in [7, 11) is 0. The SMILES string of the molecule is CC(C)(C)C1=C([O-])N(c2c(F)cc(F)cc2F)[C]N(c2c(F)cc(F)cc2F)C1=O. The Hall–Kier alpha value is -3.17. The Morgan fingerprint density at radius 2 is 1.13 bits per heavy atom. The summed E-state index contributed by atoms with van der Waals surface area (Å²) < 4.78 is 83.8. The second-order valence-electron chi connectivity index (χ2n) is 7.44. The summed E-state index contributed by atoms with van der Waals surface area (Å²) in [5, 5.41) is 12.9. The molecule has 2 aromatic rings. The molecule has 2 radical (unpaired) electrons. The molecule has 0 fully saturated rings. The first-order valence-corrected chi connectivity index (χ1v) is 8.44. The van der Waals surface area contributed by atoms with Crippen molar-refractivity contribution in [2.45, 2.75) is 20.8 Å². The number of carbonyl (C=O) groups is 1. The van der Waals surface area contributed by atoms with Gasteiger partial charge < -0.3 is 10.0 Å². The van der Waals surface area contributed by atoms with E-state index in [-0.39, 0.29) is 34.1 Å². The number of hydrogen-bond donors (Lipinski definition) is 0. The van der Waals surface area contributed by atoms with Crippen molar-refractivity contribution in [2.24, 2.45) is 5.41 Å². The average molecular weight is 427 g/mol. The second-order valence-corrected chi connectivity index (χ2v) is 7.44. The van der Waals surface area contributed by atoms with Crippen molar-refractivity contribution in [1.29, 1.82) is 0 Å². The van der Waals surface area contributed by atoms with Crippen molar-refractivity contribution in [3.63, 3.8) is 0 Å². The number of amides is 1. The quantitative estimate of drug-likeness (QED) is 0.681. The molecule has 0 aliphatic carbocycles. The summed E-state index contributed by atoms with van der Waals surface area (Å²) in [6.45, 7) is 6.17. The summed E-state index contributed by atoms with van der Waals surface area (Å²) in [6.07, 6.45) is 0. The van der Waals surface area contributed by atoms with E-state index in [1.54, 1.807) is 0 Å². The fourth-order valence-corrected chi connectivity index (χ4v) is 2.95. The normalized spacial score (nSPS) is 15.3. The van der Waals surface area contributed by atoms with Crippen LogP contribution in [0.5, 0.6) is 0 Å². The average Bonchev–Trinajstić information content (AvgIpc) is 2.55. The number of carbonyl (C=O) groups excluding carboxylic acids is 1. The first-order chi connectivity index (χ1) is 13.8. The van der Waals surface area contributed by atoms with E-state index in [2.05, 4.69) is 0 Å². The Bertz CT molecular complexity index is 1030. The highest BCUT2D eigenvalue weighted by Crippen LogP contribution is 2.40. The van der Waals surface area contributed by atoms with Crippen LogP contribution >= 0.6 is 0 Å². The van der Waals surface area contributed by atoms with Gasteiger partial charge in [0.25, 0.3) is 5.91 Å². The lowest BCUT2D eigenvalue weighted by atomic mass is 9.84. The molecule has 4 nitrogen and oxygen atoms in total. The van der Waals surface area contributed by atoms with Crippen LogP contribution in [-0.2, 0) is 4.79 Å². The Morgan fingerprint density at radius 1 is 0.767 bits per heavy atom. The van der Waals surface area contributed by atoms with Crippen molar-refractivity contribution in [3.05, 3.63) is 77.3 Å². The van der Waals surface area contributed by atoms with Gasteiger partial charge >= 0.3 is 0 Å². The van der Waals surface area contributed by atoms with Crippen molar-refractivity contribution >= 4 is 17.3 Å². The molecule has 0 bridgehead atoms. The van der Waals surface area contributed by atoms with E-state index in [0.717, 1.165) is 0 Å². The molecule has 0 spiro atoms. The number of nitrogens with zero attached hydrogens (tertiary/aromatic N) is 2. The zero-order chi connectivity index (χ0) is 22.5. The molecule has 0 saturated carbocycles. The molecule has 1 amide bonds. The molecule has 2 aromatic carbocycles. The van der Waals surface area contributed by atoms with Gasteiger partial charge in [-0.1, -0.05) is 20.8 Å². The molecule has 10 heteroatoms. The molecular weight excluding hydrogens is 414 g/mol. The minimum atomic E-state index is -1.52. The zero-order valence-electron chi connectivity index (χ0n) is 15.8. The highest BCUT2D eigenvalue weighted by atomic mass is 19.2. The monoisotopic (exact) mass is 427 g/mol. The van der Waals surface area contributed by atoms with E-state index in [1.165, 1.54) is 20.8 Å². The van der Waals surface area contributed by atoms with Crippen LogP contribution in [0.2, 0.25) is 0 Å². The minimum Gasteiger partial charge on any atom is -0.860 e. The van der Waals surface area contributed by atoms with Gasteiger partial charge in [0.05, 0.1) is 0 Å². The number of anilines is 2. The van der Waals surface area contributed by atoms with Gasteiger partial charge in [-0.15, -0.1) is 0 Å². The molecule has 30 heavy (non-hydrogen) atoms. The van der Waals surface area contributed by atoms with E-state index < -0.39 is 69.1 Å². The predicted molar refractivity (Wildman–Crippen MR) is 92.3 cm³/mol. The first-order valence-electron chi connectivity index (χ1n) is 8.44. The molecule has 158 valence electrons. The second kappa shape index (κ2) is 7.26. The van der Waals surface area contributed by atoms with Gasteiger partial charge in [0.1, 0.15) is 23.0 Å². The molecule has 0 aromatic heterocycles. The third kappa shape index (κ3) is 3.57. The highest BCUT2D eigenvalue weighted by Gasteiger charge is 2.40. The molecule has 1 heterocycles. The lowest BCUT2D eigenvalue weighted by Crippen LogP contribution is -2.50. The van der Waals surface area contributed by atoms with Gasteiger partial charge in [0.15, 0.2) is 23.3 Å². The predicted octanol–water partition coefficient (Wildman–Crippen LogP) is 3.99. The summed E-state index contributed by atoms with van der Waals surface area (Å²) >= 11 is 0. The standard InChI is InChI=1S/C20H14F6N2O2/c1-20(2,3)15-18(29)27(16-11(23)4-9(21)5-12(16)24)8-28(19(15)30)17-13(25)6-10(22)7-14(17)26/h4-7,29H,1-3H3/p-1. The molecule has 1 aliphatic heterocycles. The maximum absolute atomic E-state index is 14.3. The molecular formula is C20H13F6N2O2-. The minimum absolute atomic E-state index is 0.189. The third-order valence-electron chi connectivity index (χ3n) is 4.19. The van der Waals surface area contributed by atoms with Crippen molar-refractivity contribution in [3.8, 4) is 0 Å². The highest BCUT2D eigenvalue weighted by molar-refractivity contribution is 6.09. The molecule has 3 rings (SSSR count).